The van der Waals surface area contributed by atoms with Gasteiger partial charge in [-0.2, -0.15) is 0 Å². The van der Waals surface area contributed by atoms with Crippen LogP contribution in [-0.2, 0) is 13.0 Å². The molecule has 1 aromatic carbocycles. The summed E-state index contributed by atoms with van der Waals surface area (Å²) in [6.45, 7) is 6.42. The van der Waals surface area contributed by atoms with E-state index in [-0.39, 0.29) is 11.3 Å². The maximum Gasteiger partial charge on any atom is 0.335 e. The van der Waals surface area contributed by atoms with Crippen molar-refractivity contribution in [2.24, 2.45) is 0 Å². The second-order valence-electron chi connectivity index (χ2n) is 4.98. The second kappa shape index (κ2) is 5.49. The molecule has 0 aliphatic rings. The molecule has 0 spiro atoms. The molecule has 2 aromatic rings. The summed E-state index contributed by atoms with van der Waals surface area (Å²) in [5, 5.41) is 9.96. The molecule has 1 N–H and O–H groups in total. The van der Waals surface area contributed by atoms with Gasteiger partial charge in [-0.25, -0.2) is 4.79 Å². The molecule has 0 saturated heterocycles. The fourth-order valence-electron chi connectivity index (χ4n) is 2.62. The molecule has 4 nitrogen and oxygen atoms in total. The number of Topliss-reactive ketones (excluding diaryl/α,β-unsaturated/α-hetero) is 1. The lowest BCUT2D eigenvalue weighted by Gasteiger charge is -2.08. The van der Waals surface area contributed by atoms with E-state index >= 15 is 0 Å². The molecule has 0 fully saturated rings. The summed E-state index contributed by atoms with van der Waals surface area (Å²) in [6, 6.07) is 3.32. The molecule has 20 heavy (non-hydrogen) atoms. The Morgan fingerprint density at radius 1 is 1.25 bits per heavy atom. The third-order valence-electron chi connectivity index (χ3n) is 3.52. The summed E-state index contributed by atoms with van der Waals surface area (Å²) in [7, 11) is 0. The summed E-state index contributed by atoms with van der Waals surface area (Å²) in [5.41, 5.74) is 2.81. The Bertz CT molecular complexity index is 683. The van der Waals surface area contributed by atoms with Gasteiger partial charge in [0, 0.05) is 23.7 Å². The van der Waals surface area contributed by atoms with Crippen molar-refractivity contribution < 1.29 is 14.7 Å². The fourth-order valence-corrected chi connectivity index (χ4v) is 2.62. The maximum absolute atomic E-state index is 11.8. The van der Waals surface area contributed by atoms with E-state index in [0.29, 0.717) is 5.56 Å². The number of aryl methyl sites for hydroxylation is 2. The average molecular weight is 273 g/mol. The Hall–Kier alpha value is -2.10. The van der Waals surface area contributed by atoms with E-state index in [0.717, 1.165) is 35.9 Å². The zero-order chi connectivity index (χ0) is 14.9. The van der Waals surface area contributed by atoms with E-state index in [2.05, 4.69) is 11.5 Å². The zero-order valence-electron chi connectivity index (χ0n) is 12.1. The number of hydrogen-bond donors (Lipinski definition) is 1. The second-order valence-corrected chi connectivity index (χ2v) is 4.98. The van der Waals surface area contributed by atoms with Crippen LogP contribution >= 0.6 is 0 Å². The Balaban J connectivity index is 2.85. The number of carboxylic acids is 1. The number of fused-ring (bicyclic) bond motifs is 1. The number of benzene rings is 1. The van der Waals surface area contributed by atoms with Crippen molar-refractivity contribution >= 4 is 22.7 Å². The molecule has 0 amide bonds. The Labute approximate surface area is 118 Å². The van der Waals surface area contributed by atoms with Crippen LogP contribution in [-0.4, -0.2) is 21.4 Å². The lowest BCUT2D eigenvalue weighted by Crippen LogP contribution is -2.01. The summed E-state index contributed by atoms with van der Waals surface area (Å²) >= 11 is 0. The number of carboxylic acid groups (broad SMARTS) is 1. The van der Waals surface area contributed by atoms with Gasteiger partial charge in [0.15, 0.2) is 5.78 Å². The summed E-state index contributed by atoms with van der Waals surface area (Å²) in [5.74, 6) is -0.992. The van der Waals surface area contributed by atoms with Crippen LogP contribution in [0.25, 0.3) is 10.9 Å². The molecule has 106 valence electrons. The van der Waals surface area contributed by atoms with Crippen LogP contribution in [0.4, 0.5) is 0 Å². The first-order valence-corrected chi connectivity index (χ1v) is 6.89. The maximum atomic E-state index is 11.8. The molecular formula is C16H19NO3. The first-order chi connectivity index (χ1) is 9.49. The molecule has 4 heteroatoms. The molecule has 1 heterocycles. The highest BCUT2D eigenvalue weighted by molar-refractivity contribution is 6.09. The largest absolute Gasteiger partial charge is 0.478 e. The van der Waals surface area contributed by atoms with Crippen LogP contribution in [0, 0.1) is 0 Å². The van der Waals surface area contributed by atoms with Crippen molar-refractivity contribution in [1.29, 1.82) is 0 Å². The Morgan fingerprint density at radius 3 is 2.45 bits per heavy atom. The van der Waals surface area contributed by atoms with Gasteiger partial charge in [-0.3, -0.25) is 4.79 Å². The molecule has 0 aliphatic heterocycles. The van der Waals surface area contributed by atoms with Gasteiger partial charge in [0.2, 0.25) is 0 Å². The van der Waals surface area contributed by atoms with Crippen LogP contribution in [0.2, 0.25) is 0 Å². The van der Waals surface area contributed by atoms with E-state index in [1.807, 2.05) is 13.1 Å². The molecule has 0 aliphatic carbocycles. The van der Waals surface area contributed by atoms with Gasteiger partial charge >= 0.3 is 5.97 Å². The highest BCUT2D eigenvalue weighted by atomic mass is 16.4. The Kier molecular flexibility index (Phi) is 3.93. The van der Waals surface area contributed by atoms with Crippen molar-refractivity contribution in [2.45, 2.75) is 40.2 Å². The number of carbonyl (C=O) groups is 2. The minimum Gasteiger partial charge on any atom is -0.478 e. The molecule has 0 atom stereocenters. The molecular weight excluding hydrogens is 254 g/mol. The minimum absolute atomic E-state index is 0.0329. The average Bonchev–Trinajstić information content (AvgIpc) is 2.77. The topological polar surface area (TPSA) is 59.3 Å². The van der Waals surface area contributed by atoms with Crippen LogP contribution in [0.15, 0.2) is 18.3 Å². The number of aromatic nitrogens is 1. The molecule has 0 saturated carbocycles. The van der Waals surface area contributed by atoms with E-state index in [1.54, 1.807) is 12.1 Å². The smallest absolute Gasteiger partial charge is 0.335 e. The minimum atomic E-state index is -0.959. The van der Waals surface area contributed by atoms with Gasteiger partial charge in [-0.05, 0) is 37.5 Å². The lowest BCUT2D eigenvalue weighted by atomic mass is 10.0. The first-order valence-electron chi connectivity index (χ1n) is 6.89. The number of rotatable bonds is 5. The van der Waals surface area contributed by atoms with E-state index in [4.69, 9.17) is 0 Å². The number of hydrogen-bond acceptors (Lipinski definition) is 2. The number of aromatic carboxylic acids is 1. The van der Waals surface area contributed by atoms with Crippen molar-refractivity contribution in [2.75, 3.05) is 0 Å². The number of nitrogens with zero attached hydrogens (tertiary/aromatic N) is 1. The molecule has 0 unspecified atom stereocenters. The first kappa shape index (κ1) is 14.3. The highest BCUT2D eigenvalue weighted by Gasteiger charge is 2.17. The predicted molar refractivity (Wildman–Crippen MR) is 78.6 cm³/mol. The van der Waals surface area contributed by atoms with Crippen LogP contribution in [0.5, 0.6) is 0 Å². The normalized spacial score (nSPS) is 10.9. The molecule has 0 radical (unpaired) electrons. The van der Waals surface area contributed by atoms with Crippen molar-refractivity contribution in [3.63, 3.8) is 0 Å². The predicted octanol–water partition coefficient (Wildman–Crippen LogP) is 3.51. The van der Waals surface area contributed by atoms with Crippen molar-refractivity contribution in [3.8, 4) is 0 Å². The van der Waals surface area contributed by atoms with E-state index in [1.165, 1.54) is 6.92 Å². The van der Waals surface area contributed by atoms with E-state index < -0.39 is 5.97 Å². The summed E-state index contributed by atoms with van der Waals surface area (Å²) in [6.07, 6.45) is 3.55. The Morgan fingerprint density at radius 2 is 1.95 bits per heavy atom. The zero-order valence-corrected chi connectivity index (χ0v) is 12.1. The monoisotopic (exact) mass is 273 g/mol. The lowest BCUT2D eigenvalue weighted by molar-refractivity contribution is 0.0696. The summed E-state index contributed by atoms with van der Waals surface area (Å²) in [4.78, 5) is 23.0. The van der Waals surface area contributed by atoms with Crippen LogP contribution < -0.4 is 0 Å². The third kappa shape index (κ3) is 2.33. The molecule has 0 bridgehead atoms. The standard InChI is InChI=1S/C16H19NO3/c1-4-6-17-9-14(10(3)18)13-8-12(16(19)20)7-11(5-2)15(13)17/h7-9H,4-6H2,1-3H3,(H,19,20). The third-order valence-corrected chi connectivity index (χ3v) is 3.52. The van der Waals surface area contributed by atoms with Crippen molar-refractivity contribution in [3.05, 3.63) is 35.0 Å². The number of ketones is 1. The van der Waals surface area contributed by atoms with Gasteiger partial charge in [0.1, 0.15) is 0 Å². The van der Waals surface area contributed by atoms with E-state index in [9.17, 15) is 14.7 Å². The van der Waals surface area contributed by atoms with Gasteiger partial charge in [-0.1, -0.05) is 13.8 Å². The van der Waals surface area contributed by atoms with Gasteiger partial charge in [0.25, 0.3) is 0 Å². The van der Waals surface area contributed by atoms with Gasteiger partial charge in [-0.15, -0.1) is 0 Å². The summed E-state index contributed by atoms with van der Waals surface area (Å²) < 4.78 is 2.07. The quantitative estimate of drug-likeness (QED) is 0.848. The SMILES string of the molecule is CCCn1cc(C(C)=O)c2cc(C(=O)O)cc(CC)c21. The van der Waals surface area contributed by atoms with Gasteiger partial charge < -0.3 is 9.67 Å². The fraction of sp³-hybridized carbons (Fsp3) is 0.375. The highest BCUT2D eigenvalue weighted by Crippen LogP contribution is 2.28. The number of carbonyl (C=O) groups excluding carboxylic acids is 1. The molecule has 1 aromatic heterocycles. The molecule has 2 rings (SSSR count). The van der Waals surface area contributed by atoms with Gasteiger partial charge in [0.05, 0.1) is 11.1 Å². The van der Waals surface area contributed by atoms with Crippen LogP contribution in [0.1, 0.15) is 53.5 Å². The van der Waals surface area contributed by atoms with Crippen LogP contribution in [0.3, 0.4) is 0 Å². The van der Waals surface area contributed by atoms with Crippen molar-refractivity contribution in [1.82, 2.24) is 4.57 Å².